The van der Waals surface area contributed by atoms with Crippen LogP contribution in [-0.2, 0) is 35.5 Å². The summed E-state index contributed by atoms with van der Waals surface area (Å²) in [6, 6.07) is 10.00. The fourth-order valence-electron chi connectivity index (χ4n) is 3.36. The summed E-state index contributed by atoms with van der Waals surface area (Å²) >= 11 is 0. The average molecular weight is 477 g/mol. The largest absolute Gasteiger partial charge is 0.495 e. The number of esters is 1. The molecule has 1 N–H and O–H groups in total. The van der Waals surface area contributed by atoms with Crippen LogP contribution in [0.15, 0.2) is 41.3 Å². The van der Waals surface area contributed by atoms with E-state index in [1.165, 1.54) is 29.6 Å². The predicted octanol–water partition coefficient (Wildman–Crippen LogP) is 2.06. The van der Waals surface area contributed by atoms with Gasteiger partial charge in [-0.15, -0.1) is 0 Å². The van der Waals surface area contributed by atoms with Crippen molar-refractivity contribution in [1.82, 2.24) is 4.31 Å². The highest BCUT2D eigenvalue weighted by atomic mass is 32.2. The second kappa shape index (κ2) is 10.8. The standard InChI is InChI=1S/C23H28N2O7S/c1-16-4-5-18(12-17(16)2)13-23(27)32-15-22(26)24-19-6-7-20(30-3)21(14-19)33(28,29)25-8-10-31-11-9-25/h4-7,12,14H,8-11,13,15H2,1-3H3,(H,24,26). The number of carbonyl (C=O) groups excluding carboxylic acids is 2. The molecule has 2 aromatic carbocycles. The van der Waals surface area contributed by atoms with Crippen LogP contribution in [-0.4, -0.2) is 64.6 Å². The van der Waals surface area contributed by atoms with E-state index >= 15 is 0 Å². The van der Waals surface area contributed by atoms with Crippen LogP contribution in [0.2, 0.25) is 0 Å². The van der Waals surface area contributed by atoms with Crippen LogP contribution < -0.4 is 10.1 Å². The van der Waals surface area contributed by atoms with Gasteiger partial charge in [0.25, 0.3) is 5.91 Å². The molecule has 33 heavy (non-hydrogen) atoms. The smallest absolute Gasteiger partial charge is 0.310 e. The van der Waals surface area contributed by atoms with Gasteiger partial charge in [0.15, 0.2) is 6.61 Å². The van der Waals surface area contributed by atoms with E-state index in [0.29, 0.717) is 13.2 Å². The molecule has 0 spiro atoms. The van der Waals surface area contributed by atoms with E-state index in [2.05, 4.69) is 5.32 Å². The van der Waals surface area contributed by atoms with Crippen molar-refractivity contribution in [2.24, 2.45) is 0 Å². The summed E-state index contributed by atoms with van der Waals surface area (Å²) < 4.78 is 42.9. The molecule has 1 heterocycles. The lowest BCUT2D eigenvalue weighted by Gasteiger charge is -2.26. The van der Waals surface area contributed by atoms with Crippen molar-refractivity contribution in [2.75, 3.05) is 45.3 Å². The number of hydrogen-bond donors (Lipinski definition) is 1. The van der Waals surface area contributed by atoms with E-state index in [1.807, 2.05) is 32.0 Å². The Kier molecular flexibility index (Phi) is 8.06. The summed E-state index contributed by atoms with van der Waals surface area (Å²) in [6.07, 6.45) is 0.0544. The number of sulfonamides is 1. The van der Waals surface area contributed by atoms with Gasteiger partial charge in [0.2, 0.25) is 10.0 Å². The molecule has 9 nitrogen and oxygen atoms in total. The molecule has 0 bridgehead atoms. The molecule has 3 rings (SSSR count). The lowest BCUT2D eigenvalue weighted by molar-refractivity contribution is -0.146. The number of rotatable bonds is 8. The fourth-order valence-corrected chi connectivity index (χ4v) is 4.95. The molecule has 10 heteroatoms. The SMILES string of the molecule is COc1ccc(NC(=O)COC(=O)Cc2ccc(C)c(C)c2)cc1S(=O)(=O)N1CCOCC1. The number of aryl methyl sites for hydroxylation is 2. The van der Waals surface area contributed by atoms with Crippen molar-refractivity contribution >= 4 is 27.6 Å². The molecule has 178 valence electrons. The van der Waals surface area contributed by atoms with Crippen LogP contribution >= 0.6 is 0 Å². The van der Waals surface area contributed by atoms with Gasteiger partial charge in [-0.3, -0.25) is 9.59 Å². The van der Waals surface area contributed by atoms with Gasteiger partial charge in [0.05, 0.1) is 26.7 Å². The number of hydrogen-bond acceptors (Lipinski definition) is 7. The number of ether oxygens (including phenoxy) is 3. The number of morpholine rings is 1. The minimum Gasteiger partial charge on any atom is -0.495 e. The summed E-state index contributed by atoms with van der Waals surface area (Å²) in [4.78, 5) is 24.3. The van der Waals surface area contributed by atoms with Gasteiger partial charge in [-0.05, 0) is 48.7 Å². The number of nitrogens with zero attached hydrogens (tertiary/aromatic N) is 1. The molecule has 1 aliphatic rings. The first-order chi connectivity index (χ1) is 15.7. The Bertz CT molecular complexity index is 1130. The van der Waals surface area contributed by atoms with Crippen LogP contribution in [0.3, 0.4) is 0 Å². The van der Waals surface area contributed by atoms with Crippen molar-refractivity contribution in [3.05, 3.63) is 53.1 Å². The summed E-state index contributed by atoms with van der Waals surface area (Å²) in [5.74, 6) is -0.943. The van der Waals surface area contributed by atoms with Gasteiger partial charge >= 0.3 is 5.97 Å². The molecule has 2 aromatic rings. The zero-order valence-electron chi connectivity index (χ0n) is 18.9. The van der Waals surface area contributed by atoms with E-state index in [4.69, 9.17) is 14.2 Å². The highest BCUT2D eigenvalue weighted by Crippen LogP contribution is 2.30. The van der Waals surface area contributed by atoms with Crippen LogP contribution in [0, 0.1) is 13.8 Å². The minimum atomic E-state index is -3.84. The van der Waals surface area contributed by atoms with Crippen molar-refractivity contribution in [2.45, 2.75) is 25.2 Å². The Morgan fingerprint density at radius 3 is 2.45 bits per heavy atom. The van der Waals surface area contributed by atoms with Gasteiger partial charge in [0.1, 0.15) is 10.6 Å². The lowest BCUT2D eigenvalue weighted by Crippen LogP contribution is -2.40. The Balaban J connectivity index is 1.63. The molecule has 1 fully saturated rings. The van der Waals surface area contributed by atoms with Gasteiger partial charge in [-0.25, -0.2) is 8.42 Å². The Morgan fingerprint density at radius 2 is 1.79 bits per heavy atom. The first-order valence-electron chi connectivity index (χ1n) is 10.5. The summed E-state index contributed by atoms with van der Waals surface area (Å²) in [6.45, 7) is 4.55. The van der Waals surface area contributed by atoms with Gasteiger partial charge in [-0.2, -0.15) is 4.31 Å². The topological polar surface area (TPSA) is 111 Å². The first-order valence-corrected chi connectivity index (χ1v) is 11.9. The number of benzene rings is 2. The van der Waals surface area contributed by atoms with Crippen LogP contribution in [0.25, 0.3) is 0 Å². The monoisotopic (exact) mass is 476 g/mol. The van der Waals surface area contributed by atoms with Gasteiger partial charge in [0, 0.05) is 18.8 Å². The average Bonchev–Trinajstić information content (AvgIpc) is 2.80. The number of anilines is 1. The molecular formula is C23H28N2O7S. The third kappa shape index (κ3) is 6.31. The zero-order chi connectivity index (χ0) is 24.0. The number of carbonyl (C=O) groups is 2. The molecule has 0 aliphatic carbocycles. The summed E-state index contributed by atoms with van der Waals surface area (Å²) in [5.41, 5.74) is 3.25. The minimum absolute atomic E-state index is 0.0544. The molecule has 0 radical (unpaired) electrons. The third-order valence-electron chi connectivity index (χ3n) is 5.32. The number of nitrogens with one attached hydrogen (secondary N) is 1. The maximum atomic E-state index is 13.0. The normalized spacial score (nSPS) is 14.5. The highest BCUT2D eigenvalue weighted by molar-refractivity contribution is 7.89. The maximum Gasteiger partial charge on any atom is 0.310 e. The van der Waals surface area contributed by atoms with Crippen molar-refractivity contribution < 1.29 is 32.2 Å². The predicted molar refractivity (Wildman–Crippen MR) is 122 cm³/mol. The summed E-state index contributed by atoms with van der Waals surface area (Å²) in [5, 5.41) is 2.57. The second-order valence-corrected chi connectivity index (χ2v) is 9.59. The Hall–Kier alpha value is -2.95. The zero-order valence-corrected chi connectivity index (χ0v) is 19.7. The van der Waals surface area contributed by atoms with E-state index in [-0.39, 0.29) is 35.8 Å². The molecular weight excluding hydrogens is 448 g/mol. The molecule has 1 aliphatic heterocycles. The van der Waals surface area contributed by atoms with Crippen LogP contribution in [0.4, 0.5) is 5.69 Å². The first kappa shape index (κ1) is 24.7. The van der Waals surface area contributed by atoms with E-state index in [9.17, 15) is 18.0 Å². The molecule has 0 aromatic heterocycles. The highest BCUT2D eigenvalue weighted by Gasteiger charge is 2.29. The van der Waals surface area contributed by atoms with Crippen LogP contribution in [0.1, 0.15) is 16.7 Å². The second-order valence-electron chi connectivity index (χ2n) is 7.69. The molecule has 0 unspecified atom stereocenters. The molecule has 0 saturated carbocycles. The quantitative estimate of drug-likeness (QED) is 0.581. The maximum absolute atomic E-state index is 13.0. The number of amides is 1. The van der Waals surface area contributed by atoms with Gasteiger partial charge in [-0.1, -0.05) is 18.2 Å². The lowest BCUT2D eigenvalue weighted by atomic mass is 10.0. The van der Waals surface area contributed by atoms with Crippen molar-refractivity contribution in [1.29, 1.82) is 0 Å². The molecule has 0 atom stereocenters. The van der Waals surface area contributed by atoms with E-state index < -0.39 is 28.5 Å². The Labute approximate surface area is 193 Å². The Morgan fingerprint density at radius 1 is 1.06 bits per heavy atom. The fraction of sp³-hybridized carbons (Fsp3) is 0.391. The van der Waals surface area contributed by atoms with Crippen LogP contribution in [0.5, 0.6) is 5.75 Å². The third-order valence-corrected chi connectivity index (χ3v) is 7.24. The molecule has 1 saturated heterocycles. The van der Waals surface area contributed by atoms with Crippen molar-refractivity contribution in [3.8, 4) is 5.75 Å². The molecule has 1 amide bonds. The van der Waals surface area contributed by atoms with Crippen molar-refractivity contribution in [3.63, 3.8) is 0 Å². The van der Waals surface area contributed by atoms with E-state index in [1.54, 1.807) is 0 Å². The van der Waals surface area contributed by atoms with Gasteiger partial charge < -0.3 is 19.5 Å². The number of methoxy groups -OCH3 is 1. The van der Waals surface area contributed by atoms with E-state index in [0.717, 1.165) is 16.7 Å². The summed E-state index contributed by atoms with van der Waals surface area (Å²) in [7, 11) is -2.46.